The van der Waals surface area contributed by atoms with Crippen LogP contribution in [0.3, 0.4) is 0 Å². The van der Waals surface area contributed by atoms with Crippen LogP contribution in [0.2, 0.25) is 0 Å². The van der Waals surface area contributed by atoms with Crippen LogP contribution in [0.15, 0.2) is 48.5 Å². The molecule has 0 bridgehead atoms. The predicted octanol–water partition coefficient (Wildman–Crippen LogP) is 4.43. The molecule has 2 aliphatic heterocycles. The molecule has 5 heteroatoms. The Balaban J connectivity index is 1.35. The predicted molar refractivity (Wildman–Crippen MR) is 101 cm³/mol. The fourth-order valence-electron chi connectivity index (χ4n) is 3.69. The normalized spacial score (nSPS) is 18.3. The number of benzene rings is 2. The van der Waals surface area contributed by atoms with Gasteiger partial charge >= 0.3 is 6.03 Å². The van der Waals surface area contributed by atoms with Crippen LogP contribution in [-0.4, -0.2) is 37.2 Å². The number of nitrogens with one attached hydrogen (secondary N) is 1. The van der Waals surface area contributed by atoms with Gasteiger partial charge in [0.15, 0.2) is 0 Å². The lowest BCUT2D eigenvalue weighted by Gasteiger charge is -2.51. The van der Waals surface area contributed by atoms with Crippen molar-refractivity contribution < 1.29 is 14.3 Å². The smallest absolute Gasteiger partial charge is 0.321 e. The molecule has 2 amide bonds. The number of urea groups is 1. The van der Waals surface area contributed by atoms with Gasteiger partial charge in [-0.25, -0.2) is 4.79 Å². The zero-order chi connectivity index (χ0) is 18.0. The van der Waals surface area contributed by atoms with Gasteiger partial charge in [-0.1, -0.05) is 18.2 Å². The summed E-state index contributed by atoms with van der Waals surface area (Å²) in [5.41, 5.74) is 2.09. The van der Waals surface area contributed by atoms with Crippen molar-refractivity contribution in [3.8, 4) is 11.5 Å². The molecule has 0 aliphatic carbocycles. The second-order valence-electron chi connectivity index (χ2n) is 7.29. The number of aryl methyl sites for hydroxylation is 1. The zero-order valence-electron chi connectivity index (χ0n) is 15.0. The van der Waals surface area contributed by atoms with E-state index in [9.17, 15) is 4.79 Å². The number of carbonyl (C=O) groups is 1. The average molecular weight is 352 g/mol. The van der Waals surface area contributed by atoms with Crippen molar-refractivity contribution in [1.29, 1.82) is 0 Å². The van der Waals surface area contributed by atoms with Crippen molar-refractivity contribution in [2.75, 3.05) is 31.6 Å². The Hall–Kier alpha value is -2.53. The molecule has 0 radical (unpaired) electrons. The summed E-state index contributed by atoms with van der Waals surface area (Å²) in [6.07, 6.45) is 2.11. The Morgan fingerprint density at radius 3 is 2.50 bits per heavy atom. The summed E-state index contributed by atoms with van der Waals surface area (Å²) in [7, 11) is 0. The van der Waals surface area contributed by atoms with Gasteiger partial charge in [-0.3, -0.25) is 0 Å². The number of hydrogen-bond acceptors (Lipinski definition) is 3. The minimum absolute atomic E-state index is 0.0260. The van der Waals surface area contributed by atoms with E-state index < -0.39 is 0 Å². The molecule has 4 rings (SSSR count). The Labute approximate surface area is 153 Å². The van der Waals surface area contributed by atoms with Crippen molar-refractivity contribution >= 4 is 11.7 Å². The molecule has 0 saturated carbocycles. The standard InChI is InChI=1S/C21H24N2O3/c1-16-13-18(26-17-5-3-2-4-6-17)7-8-19(16)22-20(24)23-14-21(15-23)9-11-25-12-10-21/h2-8,13H,9-12,14-15H2,1H3,(H,22,24). The molecule has 26 heavy (non-hydrogen) atoms. The van der Waals surface area contributed by atoms with Gasteiger partial charge in [0.25, 0.3) is 0 Å². The van der Waals surface area contributed by atoms with E-state index in [1.165, 1.54) is 0 Å². The van der Waals surface area contributed by atoms with Crippen LogP contribution in [0.4, 0.5) is 10.5 Å². The molecule has 0 aromatic heterocycles. The van der Waals surface area contributed by atoms with Gasteiger partial charge in [0.1, 0.15) is 11.5 Å². The average Bonchev–Trinajstić information content (AvgIpc) is 2.63. The summed E-state index contributed by atoms with van der Waals surface area (Å²) in [5.74, 6) is 1.56. The third-order valence-electron chi connectivity index (χ3n) is 5.31. The lowest BCUT2D eigenvalue weighted by molar-refractivity contribution is -0.0596. The van der Waals surface area contributed by atoms with Crippen LogP contribution in [0, 0.1) is 12.3 Å². The summed E-state index contributed by atoms with van der Waals surface area (Å²) >= 11 is 0. The number of carbonyl (C=O) groups excluding carboxylic acids is 1. The first-order chi connectivity index (χ1) is 12.6. The number of ether oxygens (including phenoxy) is 2. The molecule has 1 N–H and O–H groups in total. The number of anilines is 1. The summed E-state index contributed by atoms with van der Waals surface area (Å²) in [6, 6.07) is 15.4. The Bertz CT molecular complexity index is 777. The first-order valence-corrected chi connectivity index (χ1v) is 9.11. The van der Waals surface area contributed by atoms with Crippen molar-refractivity contribution in [1.82, 2.24) is 4.90 Å². The highest BCUT2D eigenvalue weighted by Crippen LogP contribution is 2.40. The molecule has 136 valence electrons. The third kappa shape index (κ3) is 3.53. The van der Waals surface area contributed by atoms with E-state index in [4.69, 9.17) is 9.47 Å². The second-order valence-corrected chi connectivity index (χ2v) is 7.29. The number of hydrogen-bond donors (Lipinski definition) is 1. The molecule has 0 unspecified atom stereocenters. The van der Waals surface area contributed by atoms with Crippen LogP contribution in [0.25, 0.3) is 0 Å². The molecule has 2 aliphatic rings. The van der Waals surface area contributed by atoms with E-state index >= 15 is 0 Å². The van der Waals surface area contributed by atoms with Crippen molar-refractivity contribution in [3.63, 3.8) is 0 Å². The first-order valence-electron chi connectivity index (χ1n) is 9.11. The van der Waals surface area contributed by atoms with Crippen molar-refractivity contribution in [3.05, 3.63) is 54.1 Å². The fraction of sp³-hybridized carbons (Fsp3) is 0.381. The van der Waals surface area contributed by atoms with E-state index in [0.717, 1.165) is 61.9 Å². The molecular formula is C21H24N2O3. The van der Waals surface area contributed by atoms with E-state index in [0.29, 0.717) is 0 Å². The van der Waals surface area contributed by atoms with Crippen molar-refractivity contribution in [2.24, 2.45) is 5.41 Å². The van der Waals surface area contributed by atoms with Gasteiger partial charge < -0.3 is 19.7 Å². The summed E-state index contributed by atoms with van der Waals surface area (Å²) < 4.78 is 11.3. The van der Waals surface area contributed by atoms with Crippen molar-refractivity contribution in [2.45, 2.75) is 19.8 Å². The number of likely N-dealkylation sites (tertiary alicyclic amines) is 1. The fourth-order valence-corrected chi connectivity index (χ4v) is 3.69. The SMILES string of the molecule is Cc1cc(Oc2ccccc2)ccc1NC(=O)N1CC2(CCOCC2)C1. The lowest BCUT2D eigenvalue weighted by Crippen LogP contribution is -2.61. The number of rotatable bonds is 3. The Kier molecular flexibility index (Phi) is 4.55. The van der Waals surface area contributed by atoms with Crippen LogP contribution in [0.5, 0.6) is 11.5 Å². The molecule has 0 atom stereocenters. The van der Waals surface area contributed by atoms with Gasteiger partial charge in [0.05, 0.1) is 0 Å². The first kappa shape index (κ1) is 16.9. The monoisotopic (exact) mass is 352 g/mol. The molecule has 2 aromatic rings. The molecule has 2 saturated heterocycles. The maximum atomic E-state index is 12.5. The van der Waals surface area contributed by atoms with Crippen LogP contribution in [-0.2, 0) is 4.74 Å². The van der Waals surface area contributed by atoms with Gasteiger partial charge in [0.2, 0.25) is 0 Å². The topological polar surface area (TPSA) is 50.8 Å². The van der Waals surface area contributed by atoms with E-state index in [1.54, 1.807) is 0 Å². The highest BCUT2D eigenvalue weighted by Gasteiger charge is 2.45. The maximum absolute atomic E-state index is 12.5. The Morgan fingerprint density at radius 2 is 1.81 bits per heavy atom. The highest BCUT2D eigenvalue weighted by atomic mass is 16.5. The Morgan fingerprint density at radius 1 is 1.08 bits per heavy atom. The summed E-state index contributed by atoms with van der Waals surface area (Å²) in [6.45, 7) is 5.27. The van der Waals surface area contributed by atoms with Gasteiger partial charge in [-0.05, 0) is 55.7 Å². The molecule has 2 aromatic carbocycles. The molecule has 2 heterocycles. The summed E-state index contributed by atoms with van der Waals surface area (Å²) in [5, 5.41) is 3.03. The van der Waals surface area contributed by atoms with E-state index in [-0.39, 0.29) is 11.4 Å². The number of para-hydroxylation sites is 1. The quantitative estimate of drug-likeness (QED) is 0.889. The largest absolute Gasteiger partial charge is 0.457 e. The minimum Gasteiger partial charge on any atom is -0.457 e. The van der Waals surface area contributed by atoms with Crippen LogP contribution in [0.1, 0.15) is 18.4 Å². The number of nitrogens with zero attached hydrogens (tertiary/aromatic N) is 1. The third-order valence-corrected chi connectivity index (χ3v) is 5.31. The van der Waals surface area contributed by atoms with Crippen LogP contribution < -0.4 is 10.1 Å². The molecular weight excluding hydrogens is 328 g/mol. The molecule has 1 spiro atoms. The minimum atomic E-state index is -0.0260. The van der Waals surface area contributed by atoms with Crippen LogP contribution >= 0.6 is 0 Å². The summed E-state index contributed by atoms with van der Waals surface area (Å²) in [4.78, 5) is 14.4. The van der Waals surface area contributed by atoms with E-state index in [1.807, 2.05) is 60.4 Å². The second kappa shape index (κ2) is 7.00. The van der Waals surface area contributed by atoms with Gasteiger partial charge in [-0.2, -0.15) is 0 Å². The maximum Gasteiger partial charge on any atom is 0.321 e. The molecule has 2 fully saturated rings. The zero-order valence-corrected chi connectivity index (χ0v) is 15.0. The van der Waals surface area contributed by atoms with Gasteiger partial charge in [-0.15, -0.1) is 0 Å². The lowest BCUT2D eigenvalue weighted by atomic mass is 9.73. The molecule has 5 nitrogen and oxygen atoms in total. The number of amides is 2. The van der Waals surface area contributed by atoms with Gasteiger partial charge in [0, 0.05) is 37.4 Å². The van der Waals surface area contributed by atoms with E-state index in [2.05, 4.69) is 5.32 Å². The highest BCUT2D eigenvalue weighted by molar-refractivity contribution is 5.90.